The zero-order chi connectivity index (χ0) is 24.2. The average molecular weight is 466 g/mol. The Morgan fingerprint density at radius 2 is 1.59 bits per heavy atom. The van der Waals surface area contributed by atoms with E-state index in [0.29, 0.717) is 17.1 Å². The number of urea groups is 1. The van der Waals surface area contributed by atoms with E-state index in [-0.39, 0.29) is 17.0 Å². The number of ether oxygens (including phenoxy) is 3. The molecule has 0 aromatic heterocycles. The number of piperidine rings is 1. The molecule has 2 aromatic carbocycles. The van der Waals surface area contributed by atoms with Crippen molar-refractivity contribution in [1.29, 1.82) is 0 Å². The summed E-state index contributed by atoms with van der Waals surface area (Å²) in [7, 11) is 4.45. The minimum atomic E-state index is -0.858. The van der Waals surface area contributed by atoms with Gasteiger partial charge in [-0.05, 0) is 49.6 Å². The summed E-state index contributed by atoms with van der Waals surface area (Å²) < 4.78 is 16.1. The summed E-state index contributed by atoms with van der Waals surface area (Å²) in [6.07, 6.45) is 4.94. The van der Waals surface area contributed by atoms with Crippen LogP contribution < -0.4 is 29.3 Å². The number of benzene rings is 2. The fourth-order valence-corrected chi connectivity index (χ4v) is 4.17. The Kier molecular flexibility index (Phi) is 6.72. The van der Waals surface area contributed by atoms with Gasteiger partial charge in [0.25, 0.3) is 11.8 Å². The largest absolute Gasteiger partial charge is 0.497 e. The van der Waals surface area contributed by atoms with Crippen molar-refractivity contribution in [2.75, 3.05) is 44.2 Å². The fraction of sp³-hybridized carbons (Fsp3) is 0.320. The number of barbiturate groups is 1. The molecule has 2 fully saturated rings. The summed E-state index contributed by atoms with van der Waals surface area (Å²) in [4.78, 5) is 41.7. The molecule has 0 spiro atoms. The highest BCUT2D eigenvalue weighted by molar-refractivity contribution is 6.39. The summed E-state index contributed by atoms with van der Waals surface area (Å²) >= 11 is 0. The van der Waals surface area contributed by atoms with Crippen LogP contribution in [0.4, 0.5) is 16.2 Å². The third-order valence-electron chi connectivity index (χ3n) is 5.97. The number of hydrogen-bond acceptors (Lipinski definition) is 7. The lowest BCUT2D eigenvalue weighted by Crippen LogP contribution is -2.54. The Labute approximate surface area is 197 Å². The molecule has 4 rings (SSSR count). The zero-order valence-electron chi connectivity index (χ0n) is 19.4. The Morgan fingerprint density at radius 3 is 2.26 bits per heavy atom. The maximum absolute atomic E-state index is 13.3. The first kappa shape index (κ1) is 23.2. The van der Waals surface area contributed by atoms with Crippen LogP contribution in [0.15, 0.2) is 42.0 Å². The molecule has 178 valence electrons. The van der Waals surface area contributed by atoms with Gasteiger partial charge in [-0.1, -0.05) is 0 Å². The van der Waals surface area contributed by atoms with Gasteiger partial charge < -0.3 is 19.1 Å². The maximum atomic E-state index is 13.3. The van der Waals surface area contributed by atoms with Crippen molar-refractivity contribution in [2.24, 2.45) is 0 Å². The molecule has 0 atom stereocenters. The Balaban J connectivity index is 1.70. The quantitative estimate of drug-likeness (QED) is 0.516. The molecule has 2 aromatic rings. The lowest BCUT2D eigenvalue weighted by atomic mass is 10.0. The highest BCUT2D eigenvalue weighted by Crippen LogP contribution is 2.35. The van der Waals surface area contributed by atoms with Crippen molar-refractivity contribution in [2.45, 2.75) is 19.3 Å². The topological polar surface area (TPSA) is 97.4 Å². The molecule has 2 heterocycles. The number of amides is 4. The molecule has 0 bridgehead atoms. The second-order valence-electron chi connectivity index (χ2n) is 7.97. The number of carbonyl (C=O) groups is 3. The van der Waals surface area contributed by atoms with Gasteiger partial charge in [0.05, 0.1) is 27.0 Å². The van der Waals surface area contributed by atoms with Gasteiger partial charge in [0.1, 0.15) is 22.8 Å². The van der Waals surface area contributed by atoms with Gasteiger partial charge in [-0.2, -0.15) is 0 Å². The van der Waals surface area contributed by atoms with Gasteiger partial charge in [-0.25, -0.2) is 9.69 Å². The van der Waals surface area contributed by atoms with Gasteiger partial charge in [0.2, 0.25) is 0 Å². The third-order valence-corrected chi connectivity index (χ3v) is 5.97. The molecule has 0 aliphatic carbocycles. The van der Waals surface area contributed by atoms with Crippen molar-refractivity contribution >= 4 is 35.3 Å². The predicted molar refractivity (Wildman–Crippen MR) is 128 cm³/mol. The van der Waals surface area contributed by atoms with E-state index in [0.717, 1.165) is 36.5 Å². The standard InChI is InChI=1S/C25H27N3O6/c1-32-18-9-10-20(22(15-18)34-3)28-24(30)19(23(29)26-25(28)31)13-16-7-8-17(14-21(16)33-2)27-11-5-4-6-12-27/h7-10,13-15H,4-6,11-12H2,1-3H3,(H,26,29,31)/b19-13+. The van der Waals surface area contributed by atoms with E-state index >= 15 is 0 Å². The molecule has 9 nitrogen and oxygen atoms in total. The van der Waals surface area contributed by atoms with Crippen molar-refractivity contribution in [3.63, 3.8) is 0 Å². The van der Waals surface area contributed by atoms with E-state index in [4.69, 9.17) is 14.2 Å². The van der Waals surface area contributed by atoms with Gasteiger partial charge in [-0.15, -0.1) is 0 Å². The Bertz CT molecular complexity index is 1150. The first-order valence-corrected chi connectivity index (χ1v) is 11.0. The molecule has 4 amide bonds. The molecule has 2 aliphatic heterocycles. The van der Waals surface area contributed by atoms with E-state index < -0.39 is 17.8 Å². The van der Waals surface area contributed by atoms with Crippen LogP contribution in [0.2, 0.25) is 0 Å². The van der Waals surface area contributed by atoms with E-state index in [1.807, 2.05) is 18.2 Å². The molecule has 0 radical (unpaired) electrons. The van der Waals surface area contributed by atoms with Crippen LogP contribution in [0, 0.1) is 0 Å². The maximum Gasteiger partial charge on any atom is 0.336 e. The zero-order valence-corrected chi connectivity index (χ0v) is 19.4. The van der Waals surface area contributed by atoms with Gasteiger partial charge in [0, 0.05) is 36.5 Å². The number of nitrogens with one attached hydrogen (secondary N) is 1. The summed E-state index contributed by atoms with van der Waals surface area (Å²) in [6.45, 7) is 1.95. The first-order chi connectivity index (χ1) is 16.5. The molecule has 1 N–H and O–H groups in total. The third kappa shape index (κ3) is 4.41. The highest BCUT2D eigenvalue weighted by atomic mass is 16.5. The van der Waals surface area contributed by atoms with Crippen molar-refractivity contribution < 1.29 is 28.6 Å². The van der Waals surface area contributed by atoms with Crippen molar-refractivity contribution in [3.05, 3.63) is 47.5 Å². The van der Waals surface area contributed by atoms with Crippen LogP contribution in [0.25, 0.3) is 6.08 Å². The number of anilines is 2. The second kappa shape index (κ2) is 9.86. The molecule has 2 saturated heterocycles. The van der Waals surface area contributed by atoms with Crippen LogP contribution >= 0.6 is 0 Å². The van der Waals surface area contributed by atoms with Gasteiger partial charge in [-0.3, -0.25) is 14.9 Å². The predicted octanol–water partition coefficient (Wildman–Crippen LogP) is 3.37. The molecule has 0 unspecified atom stereocenters. The minimum Gasteiger partial charge on any atom is -0.497 e. The summed E-state index contributed by atoms with van der Waals surface area (Å²) in [6, 6.07) is 9.47. The average Bonchev–Trinajstić information content (AvgIpc) is 2.87. The van der Waals surface area contributed by atoms with Crippen LogP contribution in [-0.4, -0.2) is 52.3 Å². The molecular formula is C25H27N3O6. The van der Waals surface area contributed by atoms with E-state index in [9.17, 15) is 14.4 Å². The van der Waals surface area contributed by atoms with E-state index in [2.05, 4.69) is 10.2 Å². The number of carbonyl (C=O) groups excluding carboxylic acids is 3. The molecule has 34 heavy (non-hydrogen) atoms. The van der Waals surface area contributed by atoms with Crippen molar-refractivity contribution in [3.8, 4) is 17.2 Å². The number of rotatable bonds is 6. The molecule has 9 heteroatoms. The number of nitrogens with zero attached hydrogens (tertiary/aromatic N) is 2. The summed E-state index contributed by atoms with van der Waals surface area (Å²) in [5, 5.41) is 2.23. The van der Waals surface area contributed by atoms with Crippen LogP contribution in [0.1, 0.15) is 24.8 Å². The monoisotopic (exact) mass is 465 g/mol. The van der Waals surface area contributed by atoms with E-state index in [1.165, 1.54) is 39.9 Å². The summed E-state index contributed by atoms with van der Waals surface area (Å²) in [5.41, 5.74) is 1.58. The number of hydrogen-bond donors (Lipinski definition) is 1. The van der Waals surface area contributed by atoms with E-state index in [1.54, 1.807) is 12.1 Å². The molecule has 2 aliphatic rings. The highest BCUT2D eigenvalue weighted by Gasteiger charge is 2.38. The Morgan fingerprint density at radius 1 is 0.853 bits per heavy atom. The van der Waals surface area contributed by atoms with Crippen LogP contribution in [-0.2, 0) is 9.59 Å². The Hall–Kier alpha value is -4.01. The number of methoxy groups -OCH3 is 3. The summed E-state index contributed by atoms with van der Waals surface area (Å²) in [5.74, 6) is -0.266. The van der Waals surface area contributed by atoms with Crippen LogP contribution in [0.5, 0.6) is 17.2 Å². The van der Waals surface area contributed by atoms with Gasteiger partial charge >= 0.3 is 6.03 Å². The first-order valence-electron chi connectivity index (χ1n) is 11.0. The normalized spacial score (nSPS) is 17.6. The number of imide groups is 2. The smallest absolute Gasteiger partial charge is 0.336 e. The SMILES string of the molecule is COc1ccc(N2C(=O)NC(=O)/C(=C\c3ccc(N4CCCCC4)cc3OC)C2=O)c(OC)c1. The lowest BCUT2D eigenvalue weighted by Gasteiger charge is -2.29. The lowest BCUT2D eigenvalue weighted by molar-refractivity contribution is -0.122. The molecule has 0 saturated carbocycles. The van der Waals surface area contributed by atoms with Crippen LogP contribution in [0.3, 0.4) is 0 Å². The molecular weight excluding hydrogens is 438 g/mol. The minimum absolute atomic E-state index is 0.191. The van der Waals surface area contributed by atoms with Crippen molar-refractivity contribution in [1.82, 2.24) is 5.32 Å². The fourth-order valence-electron chi connectivity index (χ4n) is 4.17. The van der Waals surface area contributed by atoms with Gasteiger partial charge in [0.15, 0.2) is 0 Å². The second-order valence-corrected chi connectivity index (χ2v) is 7.97.